The molecular formula is C22H23N7O2. The molecule has 0 atom stereocenters. The topological polar surface area (TPSA) is 101 Å². The van der Waals surface area contributed by atoms with Gasteiger partial charge in [-0.05, 0) is 24.6 Å². The summed E-state index contributed by atoms with van der Waals surface area (Å²) in [7, 11) is 1.72. The fourth-order valence-electron chi connectivity index (χ4n) is 4.07. The summed E-state index contributed by atoms with van der Waals surface area (Å²) in [5, 5.41) is 3.73. The van der Waals surface area contributed by atoms with Crippen molar-refractivity contribution >= 4 is 22.6 Å². The number of aryl methyl sites for hydroxylation is 2. The Kier molecular flexibility index (Phi) is 4.67. The fraction of sp³-hybridized carbons (Fsp3) is 0.273. The molecule has 1 amide bonds. The normalized spacial score (nSPS) is 14.0. The van der Waals surface area contributed by atoms with Gasteiger partial charge >= 0.3 is 0 Å². The SMILES string of the molecule is Cc1ccc(NC(=O)CN2CCn3ccnc3C2)nc1-c1cn(C)c(=O)c2[nH]ccc12. The molecule has 0 saturated heterocycles. The van der Waals surface area contributed by atoms with E-state index in [1.807, 2.05) is 25.3 Å². The maximum absolute atomic E-state index is 12.7. The average molecular weight is 417 g/mol. The number of carbonyl (C=O) groups excluding carboxylic acids is 1. The minimum Gasteiger partial charge on any atom is -0.357 e. The van der Waals surface area contributed by atoms with Crippen molar-refractivity contribution < 1.29 is 4.79 Å². The Bertz CT molecular complexity index is 1350. The Morgan fingerprint density at radius 3 is 3.00 bits per heavy atom. The van der Waals surface area contributed by atoms with Crippen molar-refractivity contribution in [2.24, 2.45) is 7.05 Å². The molecule has 1 aliphatic heterocycles. The first-order valence-electron chi connectivity index (χ1n) is 10.2. The van der Waals surface area contributed by atoms with Crippen molar-refractivity contribution in [3.63, 3.8) is 0 Å². The predicted molar refractivity (Wildman–Crippen MR) is 118 cm³/mol. The second-order valence-electron chi connectivity index (χ2n) is 7.88. The first-order valence-corrected chi connectivity index (χ1v) is 10.2. The average Bonchev–Trinajstić information content (AvgIpc) is 3.41. The van der Waals surface area contributed by atoms with Crippen LogP contribution in [0.15, 0.2) is 47.8 Å². The second kappa shape index (κ2) is 7.51. The summed E-state index contributed by atoms with van der Waals surface area (Å²) in [6.45, 7) is 4.52. The highest BCUT2D eigenvalue weighted by Crippen LogP contribution is 2.28. The number of pyridine rings is 2. The molecule has 4 aromatic rings. The molecule has 9 heteroatoms. The number of carbonyl (C=O) groups is 1. The van der Waals surface area contributed by atoms with Crippen molar-refractivity contribution in [1.82, 2.24) is 29.0 Å². The molecule has 0 bridgehead atoms. The summed E-state index contributed by atoms with van der Waals surface area (Å²) in [6, 6.07) is 5.61. The standard InChI is InChI=1S/C22H23N7O2/c1-14-3-4-17(25-19(30)13-28-9-10-29-8-7-23-18(29)12-28)26-20(14)16-11-27(2)22(31)21-15(16)5-6-24-21/h3-8,11,24H,9-10,12-13H2,1-2H3,(H,25,26,30). The zero-order valence-electron chi connectivity index (χ0n) is 17.4. The smallest absolute Gasteiger partial charge is 0.274 e. The van der Waals surface area contributed by atoms with Crippen molar-refractivity contribution in [1.29, 1.82) is 0 Å². The molecular weight excluding hydrogens is 394 g/mol. The molecule has 4 aromatic heterocycles. The first-order chi connectivity index (χ1) is 15.0. The van der Waals surface area contributed by atoms with Crippen molar-refractivity contribution in [3.05, 3.63) is 64.7 Å². The molecule has 0 saturated carbocycles. The van der Waals surface area contributed by atoms with E-state index in [0.717, 1.165) is 41.1 Å². The number of H-pyrrole nitrogens is 1. The molecule has 9 nitrogen and oxygen atoms in total. The minimum absolute atomic E-state index is 0.0898. The van der Waals surface area contributed by atoms with Gasteiger partial charge in [0.1, 0.15) is 17.2 Å². The number of nitrogens with one attached hydrogen (secondary N) is 2. The number of rotatable bonds is 4. The van der Waals surface area contributed by atoms with E-state index in [1.165, 1.54) is 0 Å². The van der Waals surface area contributed by atoms with Crippen LogP contribution >= 0.6 is 0 Å². The van der Waals surface area contributed by atoms with Crippen LogP contribution in [0.2, 0.25) is 0 Å². The molecule has 0 unspecified atom stereocenters. The van der Waals surface area contributed by atoms with Gasteiger partial charge < -0.3 is 19.4 Å². The second-order valence-corrected chi connectivity index (χ2v) is 7.88. The minimum atomic E-state index is -0.116. The summed E-state index contributed by atoms with van der Waals surface area (Å²) >= 11 is 0. The third kappa shape index (κ3) is 3.53. The predicted octanol–water partition coefficient (Wildman–Crippen LogP) is 1.89. The highest BCUT2D eigenvalue weighted by Gasteiger charge is 2.19. The number of aromatic amines is 1. The van der Waals surface area contributed by atoms with Gasteiger partial charge in [0.15, 0.2) is 0 Å². The number of amides is 1. The molecule has 0 fully saturated rings. The summed E-state index contributed by atoms with van der Waals surface area (Å²) < 4.78 is 3.65. The van der Waals surface area contributed by atoms with Gasteiger partial charge in [-0.1, -0.05) is 6.07 Å². The van der Waals surface area contributed by atoms with Crippen LogP contribution in [-0.2, 0) is 24.9 Å². The van der Waals surface area contributed by atoms with E-state index in [2.05, 4.69) is 24.8 Å². The summed E-state index contributed by atoms with van der Waals surface area (Å²) in [5.41, 5.74) is 2.99. The Hall–Kier alpha value is -3.72. The number of anilines is 1. The summed E-state index contributed by atoms with van der Waals surface area (Å²) in [5.74, 6) is 1.34. The molecule has 31 heavy (non-hydrogen) atoms. The molecule has 0 aromatic carbocycles. The number of hydrogen-bond acceptors (Lipinski definition) is 5. The third-order valence-electron chi connectivity index (χ3n) is 5.70. The van der Waals surface area contributed by atoms with E-state index in [9.17, 15) is 9.59 Å². The zero-order chi connectivity index (χ0) is 21.5. The lowest BCUT2D eigenvalue weighted by molar-refractivity contribution is -0.117. The quantitative estimate of drug-likeness (QED) is 0.528. The lowest BCUT2D eigenvalue weighted by Gasteiger charge is -2.26. The van der Waals surface area contributed by atoms with Gasteiger partial charge in [-0.15, -0.1) is 0 Å². The zero-order valence-corrected chi connectivity index (χ0v) is 17.4. The van der Waals surface area contributed by atoms with E-state index in [-0.39, 0.29) is 18.0 Å². The fourth-order valence-corrected chi connectivity index (χ4v) is 4.07. The van der Waals surface area contributed by atoms with Crippen molar-refractivity contribution in [2.75, 3.05) is 18.4 Å². The molecule has 0 aliphatic carbocycles. The molecule has 2 N–H and O–H groups in total. The molecule has 0 radical (unpaired) electrons. The number of aromatic nitrogens is 5. The van der Waals surface area contributed by atoms with E-state index in [0.29, 0.717) is 17.9 Å². The van der Waals surface area contributed by atoms with Gasteiger partial charge in [0.05, 0.1) is 18.8 Å². The number of imidazole rings is 1. The van der Waals surface area contributed by atoms with Gasteiger partial charge in [0.25, 0.3) is 5.56 Å². The molecule has 158 valence electrons. The maximum Gasteiger partial charge on any atom is 0.274 e. The Balaban J connectivity index is 1.38. The van der Waals surface area contributed by atoms with Crippen LogP contribution in [0.4, 0.5) is 5.82 Å². The largest absolute Gasteiger partial charge is 0.357 e. The highest BCUT2D eigenvalue weighted by molar-refractivity contribution is 5.95. The lowest BCUT2D eigenvalue weighted by Crippen LogP contribution is -2.39. The molecule has 5 rings (SSSR count). The monoisotopic (exact) mass is 417 g/mol. The van der Waals surface area contributed by atoms with Gasteiger partial charge in [-0.2, -0.15) is 0 Å². The maximum atomic E-state index is 12.7. The molecule has 0 spiro atoms. The van der Waals surface area contributed by atoms with Crippen molar-refractivity contribution in [2.45, 2.75) is 20.0 Å². The van der Waals surface area contributed by atoms with E-state index in [1.54, 1.807) is 36.3 Å². The van der Waals surface area contributed by atoms with Crippen LogP contribution < -0.4 is 10.9 Å². The van der Waals surface area contributed by atoms with Crippen molar-refractivity contribution in [3.8, 4) is 11.3 Å². The van der Waals surface area contributed by atoms with Crippen LogP contribution in [0, 0.1) is 6.92 Å². The van der Waals surface area contributed by atoms with Crippen LogP contribution in [0.25, 0.3) is 22.2 Å². The molecule has 5 heterocycles. The summed E-state index contributed by atoms with van der Waals surface area (Å²) in [6.07, 6.45) is 7.29. The van der Waals surface area contributed by atoms with Gasteiger partial charge in [-0.25, -0.2) is 9.97 Å². The van der Waals surface area contributed by atoms with Crippen LogP contribution in [0.3, 0.4) is 0 Å². The number of nitrogens with zero attached hydrogens (tertiary/aromatic N) is 5. The van der Waals surface area contributed by atoms with E-state index >= 15 is 0 Å². The van der Waals surface area contributed by atoms with Crippen LogP contribution in [-0.4, -0.2) is 48.0 Å². The van der Waals surface area contributed by atoms with Crippen LogP contribution in [0.1, 0.15) is 11.4 Å². The van der Waals surface area contributed by atoms with Gasteiger partial charge in [-0.3, -0.25) is 14.5 Å². The number of fused-ring (bicyclic) bond motifs is 2. The first kappa shape index (κ1) is 19.3. The molecule has 1 aliphatic rings. The lowest BCUT2D eigenvalue weighted by atomic mass is 10.0. The van der Waals surface area contributed by atoms with E-state index in [4.69, 9.17) is 4.98 Å². The third-order valence-corrected chi connectivity index (χ3v) is 5.70. The van der Waals surface area contributed by atoms with Crippen LogP contribution in [0.5, 0.6) is 0 Å². The summed E-state index contributed by atoms with van der Waals surface area (Å²) in [4.78, 5) is 39.2. The van der Waals surface area contributed by atoms with Gasteiger partial charge in [0.2, 0.25) is 5.91 Å². The Morgan fingerprint density at radius 1 is 1.26 bits per heavy atom. The highest BCUT2D eigenvalue weighted by atomic mass is 16.2. The Labute approximate surface area is 178 Å². The Morgan fingerprint density at radius 2 is 2.13 bits per heavy atom. The van der Waals surface area contributed by atoms with E-state index < -0.39 is 0 Å². The van der Waals surface area contributed by atoms with Gasteiger partial charge in [0, 0.05) is 55.9 Å². The number of hydrogen-bond donors (Lipinski definition) is 2.